The molecule has 1 amide bonds. The van der Waals surface area contributed by atoms with Crippen LogP contribution in [0.1, 0.15) is 29.8 Å². The number of halogens is 1. The minimum atomic E-state index is 0.00356. The van der Waals surface area contributed by atoms with Crippen LogP contribution in [0.25, 0.3) is 11.0 Å². The van der Waals surface area contributed by atoms with Crippen molar-refractivity contribution in [3.8, 4) is 0 Å². The van der Waals surface area contributed by atoms with E-state index in [0.29, 0.717) is 5.69 Å². The predicted octanol–water partition coefficient (Wildman–Crippen LogP) is 2.30. The molecule has 0 saturated heterocycles. The third-order valence-electron chi connectivity index (χ3n) is 4.62. The largest absolute Gasteiger partial charge is 0.343 e. The lowest BCUT2D eigenvalue weighted by molar-refractivity contribution is -0.0870. The van der Waals surface area contributed by atoms with E-state index < -0.39 is 0 Å². The molecule has 3 aliphatic carbocycles. The van der Waals surface area contributed by atoms with E-state index in [1.54, 1.807) is 25.2 Å². The van der Waals surface area contributed by atoms with Crippen molar-refractivity contribution < 1.29 is 4.79 Å². The number of carbonyl (C=O) groups excluding carboxylic acids is 1. The molecular weight excluding hydrogens is 276 g/mol. The highest BCUT2D eigenvalue weighted by atomic mass is 35.5. The number of rotatable bonds is 2. The van der Waals surface area contributed by atoms with Crippen LogP contribution in [0.15, 0.2) is 12.3 Å². The SMILES string of the molecule is CN(C)C(=O)c1cc2cnc(Cl)nc2n1C12CC(C1)C2. The van der Waals surface area contributed by atoms with Gasteiger partial charge in [0, 0.05) is 31.2 Å². The van der Waals surface area contributed by atoms with Crippen LogP contribution in [0, 0.1) is 5.92 Å². The van der Waals surface area contributed by atoms with Crippen molar-refractivity contribution >= 4 is 28.5 Å². The Kier molecular flexibility index (Phi) is 2.26. The van der Waals surface area contributed by atoms with E-state index in [1.165, 1.54) is 0 Å². The highest BCUT2D eigenvalue weighted by Gasteiger charge is 2.59. The molecule has 2 aromatic heterocycles. The first-order chi connectivity index (χ1) is 9.50. The van der Waals surface area contributed by atoms with E-state index in [-0.39, 0.29) is 16.7 Å². The molecule has 2 bridgehead atoms. The molecule has 0 unspecified atom stereocenters. The Labute approximate surface area is 121 Å². The van der Waals surface area contributed by atoms with Gasteiger partial charge in [0.2, 0.25) is 5.28 Å². The van der Waals surface area contributed by atoms with Crippen LogP contribution in [0.5, 0.6) is 0 Å². The Morgan fingerprint density at radius 1 is 1.45 bits per heavy atom. The van der Waals surface area contributed by atoms with Crippen molar-refractivity contribution in [2.75, 3.05) is 14.1 Å². The number of fused-ring (bicyclic) bond motifs is 1. The van der Waals surface area contributed by atoms with Crippen molar-refractivity contribution in [3.63, 3.8) is 0 Å². The van der Waals surface area contributed by atoms with Crippen molar-refractivity contribution in [1.29, 1.82) is 0 Å². The molecule has 2 heterocycles. The van der Waals surface area contributed by atoms with E-state index in [4.69, 9.17) is 11.6 Å². The molecular formula is C14H15ClN4O. The van der Waals surface area contributed by atoms with Crippen LogP contribution < -0.4 is 0 Å². The van der Waals surface area contributed by atoms with Gasteiger partial charge in [-0.3, -0.25) is 4.79 Å². The summed E-state index contributed by atoms with van der Waals surface area (Å²) < 4.78 is 2.11. The highest BCUT2D eigenvalue weighted by molar-refractivity contribution is 6.28. The summed E-state index contributed by atoms with van der Waals surface area (Å²) in [4.78, 5) is 22.4. The Morgan fingerprint density at radius 3 is 2.70 bits per heavy atom. The lowest BCUT2D eigenvalue weighted by Crippen LogP contribution is -2.60. The van der Waals surface area contributed by atoms with Crippen LogP contribution >= 0.6 is 11.6 Å². The molecule has 104 valence electrons. The van der Waals surface area contributed by atoms with Crippen molar-refractivity contribution in [2.45, 2.75) is 24.8 Å². The second-order valence-electron chi connectivity index (χ2n) is 6.19. The van der Waals surface area contributed by atoms with Crippen molar-refractivity contribution in [3.05, 3.63) is 23.2 Å². The van der Waals surface area contributed by atoms with Crippen LogP contribution in [-0.4, -0.2) is 39.4 Å². The fraction of sp³-hybridized carbons (Fsp3) is 0.500. The van der Waals surface area contributed by atoms with E-state index in [9.17, 15) is 4.79 Å². The van der Waals surface area contributed by atoms with Gasteiger partial charge in [-0.25, -0.2) is 4.98 Å². The van der Waals surface area contributed by atoms with Crippen LogP contribution in [0.3, 0.4) is 0 Å². The lowest BCUT2D eigenvalue weighted by atomic mass is 9.49. The van der Waals surface area contributed by atoms with Gasteiger partial charge in [0.15, 0.2) is 0 Å². The van der Waals surface area contributed by atoms with E-state index in [0.717, 1.165) is 36.2 Å². The zero-order valence-electron chi connectivity index (χ0n) is 11.4. The zero-order valence-corrected chi connectivity index (χ0v) is 12.2. The Hall–Kier alpha value is -1.62. The molecule has 3 saturated carbocycles. The molecule has 20 heavy (non-hydrogen) atoms. The summed E-state index contributed by atoms with van der Waals surface area (Å²) >= 11 is 5.94. The highest BCUT2D eigenvalue weighted by Crippen LogP contribution is 2.63. The van der Waals surface area contributed by atoms with Crippen LogP contribution in [-0.2, 0) is 5.54 Å². The molecule has 6 heteroatoms. The van der Waals surface area contributed by atoms with Crippen LogP contribution in [0.4, 0.5) is 0 Å². The third kappa shape index (κ3) is 1.41. The van der Waals surface area contributed by atoms with Gasteiger partial charge in [-0.2, -0.15) is 4.98 Å². The summed E-state index contributed by atoms with van der Waals surface area (Å²) in [5.74, 6) is 0.830. The minimum Gasteiger partial charge on any atom is -0.343 e. The quantitative estimate of drug-likeness (QED) is 0.798. The molecule has 0 N–H and O–H groups in total. The van der Waals surface area contributed by atoms with Crippen molar-refractivity contribution in [2.24, 2.45) is 5.92 Å². The number of hydrogen-bond acceptors (Lipinski definition) is 3. The van der Waals surface area contributed by atoms with E-state index in [2.05, 4.69) is 14.5 Å². The molecule has 3 aliphatic rings. The molecule has 0 aromatic carbocycles. The summed E-state index contributed by atoms with van der Waals surface area (Å²) in [6.45, 7) is 0. The van der Waals surface area contributed by atoms with Gasteiger partial charge in [-0.05, 0) is 42.8 Å². The maximum absolute atomic E-state index is 12.4. The van der Waals surface area contributed by atoms with Gasteiger partial charge in [0.1, 0.15) is 11.3 Å². The number of aromatic nitrogens is 3. The molecule has 5 nitrogen and oxygen atoms in total. The Balaban J connectivity index is 1.98. The second-order valence-corrected chi connectivity index (χ2v) is 6.52. The van der Waals surface area contributed by atoms with Gasteiger partial charge < -0.3 is 9.47 Å². The Morgan fingerprint density at radius 2 is 2.15 bits per heavy atom. The molecule has 3 fully saturated rings. The molecule has 0 atom stereocenters. The summed E-state index contributed by atoms with van der Waals surface area (Å²) in [7, 11) is 3.54. The normalized spacial score (nSPS) is 27.1. The van der Waals surface area contributed by atoms with E-state index >= 15 is 0 Å². The van der Waals surface area contributed by atoms with Gasteiger partial charge in [-0.15, -0.1) is 0 Å². The lowest BCUT2D eigenvalue weighted by Gasteiger charge is -2.62. The molecule has 5 rings (SSSR count). The smallest absolute Gasteiger partial charge is 0.270 e. The average Bonchev–Trinajstić information content (AvgIpc) is 2.63. The van der Waals surface area contributed by atoms with Crippen molar-refractivity contribution in [1.82, 2.24) is 19.4 Å². The topological polar surface area (TPSA) is 51.0 Å². The molecule has 0 radical (unpaired) electrons. The monoisotopic (exact) mass is 290 g/mol. The fourth-order valence-corrected chi connectivity index (χ4v) is 3.67. The summed E-state index contributed by atoms with van der Waals surface area (Å²) in [5.41, 5.74) is 1.57. The third-order valence-corrected chi connectivity index (χ3v) is 4.80. The zero-order chi connectivity index (χ0) is 14.1. The summed E-state index contributed by atoms with van der Waals surface area (Å²) in [6, 6.07) is 1.88. The number of hydrogen-bond donors (Lipinski definition) is 0. The first kappa shape index (κ1) is 12.1. The maximum atomic E-state index is 12.4. The first-order valence-electron chi connectivity index (χ1n) is 6.76. The summed E-state index contributed by atoms with van der Waals surface area (Å²) in [5, 5.41) is 1.11. The van der Waals surface area contributed by atoms with E-state index in [1.807, 2.05) is 6.07 Å². The van der Waals surface area contributed by atoms with Gasteiger partial charge in [0.05, 0.1) is 0 Å². The number of nitrogens with zero attached hydrogens (tertiary/aromatic N) is 4. The predicted molar refractivity (Wildman–Crippen MR) is 75.9 cm³/mol. The molecule has 0 aliphatic heterocycles. The summed E-state index contributed by atoms with van der Waals surface area (Å²) in [6.07, 6.45) is 5.13. The Bertz CT molecular complexity index is 719. The van der Waals surface area contributed by atoms with Crippen LogP contribution in [0.2, 0.25) is 5.28 Å². The standard InChI is InChI=1S/C14H15ClN4O/c1-18(2)12(20)10-3-9-7-16-13(15)17-11(9)19(10)14-4-8(5-14)6-14/h3,7-8H,4-6H2,1-2H3. The van der Waals surface area contributed by atoms with Gasteiger partial charge in [-0.1, -0.05) is 0 Å². The van der Waals surface area contributed by atoms with Gasteiger partial charge in [0.25, 0.3) is 5.91 Å². The molecule has 2 aromatic rings. The maximum Gasteiger partial charge on any atom is 0.270 e. The number of carbonyl (C=O) groups is 1. The average molecular weight is 291 g/mol. The minimum absolute atomic E-state index is 0.00356. The first-order valence-corrected chi connectivity index (χ1v) is 7.14. The fourth-order valence-electron chi connectivity index (χ4n) is 3.54. The number of amides is 1. The second kappa shape index (κ2) is 3.73. The van der Waals surface area contributed by atoms with Gasteiger partial charge >= 0.3 is 0 Å². The molecule has 0 spiro atoms.